The number of benzene rings is 1. The monoisotopic (exact) mass is 369 g/mol. The minimum atomic E-state index is -0.842. The molecule has 1 saturated heterocycles. The first-order valence-corrected chi connectivity index (χ1v) is 10.3. The first-order valence-electron chi connectivity index (χ1n) is 8.80. The Morgan fingerprint density at radius 1 is 1.08 bits per heavy atom. The Kier molecular flexibility index (Phi) is 4.36. The fourth-order valence-electron chi connectivity index (χ4n) is 3.47. The van der Waals surface area contributed by atoms with Crippen molar-refractivity contribution >= 4 is 33.6 Å². The predicted molar refractivity (Wildman–Crippen MR) is 108 cm³/mol. The Morgan fingerprint density at radius 2 is 1.77 bits per heavy atom. The second-order valence-electron chi connectivity index (χ2n) is 6.83. The molecule has 2 aliphatic rings. The van der Waals surface area contributed by atoms with Gasteiger partial charge in [-0.3, -0.25) is 0 Å². The maximum absolute atomic E-state index is 11.1. The number of anilines is 1. The second-order valence-corrected chi connectivity index (χ2v) is 8.68. The molecule has 1 amide bonds. The standard InChI is InChI=1S/C20H23N3O2S/c1-14-12-26(13-15(14)2)17-4-3-16-5-6-21-19(18(16)11-17)22-7-9-23(10-8-22)20(24)25/h3-6,11-13,26H,7-10H2,1-2H3,(H,24,25). The predicted octanol–water partition coefficient (Wildman–Crippen LogP) is 4.22. The molecule has 2 aliphatic heterocycles. The lowest BCUT2D eigenvalue weighted by atomic mass is 10.1. The molecule has 0 spiro atoms. The smallest absolute Gasteiger partial charge is 0.407 e. The van der Waals surface area contributed by atoms with E-state index in [1.807, 2.05) is 12.3 Å². The summed E-state index contributed by atoms with van der Waals surface area (Å²) >= 11 is 0. The van der Waals surface area contributed by atoms with Gasteiger partial charge in [0.05, 0.1) is 0 Å². The van der Waals surface area contributed by atoms with Crippen LogP contribution in [-0.2, 0) is 0 Å². The number of piperazine rings is 1. The van der Waals surface area contributed by atoms with Crippen molar-refractivity contribution in [2.75, 3.05) is 31.1 Å². The van der Waals surface area contributed by atoms with Gasteiger partial charge in [-0.25, -0.2) is 9.78 Å². The van der Waals surface area contributed by atoms with Gasteiger partial charge in [0.2, 0.25) is 0 Å². The molecule has 0 aliphatic carbocycles. The van der Waals surface area contributed by atoms with Crippen LogP contribution in [0.3, 0.4) is 0 Å². The lowest BCUT2D eigenvalue weighted by molar-refractivity contribution is 0.142. The van der Waals surface area contributed by atoms with Gasteiger partial charge < -0.3 is 14.9 Å². The number of aromatic nitrogens is 1. The van der Waals surface area contributed by atoms with Gasteiger partial charge >= 0.3 is 6.09 Å². The van der Waals surface area contributed by atoms with E-state index in [-0.39, 0.29) is 0 Å². The Labute approximate surface area is 156 Å². The van der Waals surface area contributed by atoms with Gasteiger partial charge in [-0.2, -0.15) is 10.9 Å². The fourth-order valence-corrected chi connectivity index (χ4v) is 5.61. The zero-order valence-electron chi connectivity index (χ0n) is 15.0. The molecule has 0 atom stereocenters. The van der Waals surface area contributed by atoms with Gasteiger partial charge in [0.25, 0.3) is 0 Å². The number of allylic oxidation sites excluding steroid dienone is 2. The molecule has 5 nitrogen and oxygen atoms in total. The first kappa shape index (κ1) is 17.0. The highest BCUT2D eigenvalue weighted by Gasteiger charge is 2.22. The van der Waals surface area contributed by atoms with Crippen LogP contribution in [0, 0.1) is 0 Å². The van der Waals surface area contributed by atoms with Crippen molar-refractivity contribution in [3.63, 3.8) is 0 Å². The van der Waals surface area contributed by atoms with Crippen LogP contribution in [-0.4, -0.2) is 47.3 Å². The van der Waals surface area contributed by atoms with Gasteiger partial charge in [-0.15, -0.1) is 0 Å². The highest BCUT2D eigenvalue weighted by molar-refractivity contribution is 8.22. The molecule has 1 aromatic heterocycles. The molecular weight excluding hydrogens is 346 g/mol. The number of pyridine rings is 1. The Morgan fingerprint density at radius 3 is 2.42 bits per heavy atom. The number of fused-ring (bicyclic) bond motifs is 1. The summed E-state index contributed by atoms with van der Waals surface area (Å²) < 4.78 is 0. The Balaban J connectivity index is 1.68. The first-order chi connectivity index (χ1) is 12.5. The van der Waals surface area contributed by atoms with E-state index < -0.39 is 17.0 Å². The van der Waals surface area contributed by atoms with E-state index in [0.29, 0.717) is 26.2 Å². The third-order valence-electron chi connectivity index (χ3n) is 5.16. The molecule has 0 unspecified atom stereocenters. The molecule has 26 heavy (non-hydrogen) atoms. The van der Waals surface area contributed by atoms with Crippen LogP contribution in [0.5, 0.6) is 0 Å². The summed E-state index contributed by atoms with van der Waals surface area (Å²) in [5.74, 6) is 0.963. The summed E-state index contributed by atoms with van der Waals surface area (Å²) in [6.45, 7) is 6.73. The molecular formula is C20H23N3O2S. The van der Waals surface area contributed by atoms with Crippen molar-refractivity contribution in [2.24, 2.45) is 0 Å². The van der Waals surface area contributed by atoms with Gasteiger partial charge in [0, 0.05) is 37.8 Å². The molecule has 3 heterocycles. The average Bonchev–Trinajstić information content (AvgIpc) is 2.99. The van der Waals surface area contributed by atoms with Crippen LogP contribution in [0.15, 0.2) is 57.3 Å². The Bertz CT molecular complexity index is 912. The third-order valence-corrected chi connectivity index (χ3v) is 7.37. The summed E-state index contributed by atoms with van der Waals surface area (Å²) in [6, 6.07) is 8.71. The van der Waals surface area contributed by atoms with Gasteiger partial charge in [-0.05, 0) is 64.3 Å². The molecule has 4 rings (SSSR count). The average molecular weight is 369 g/mol. The van der Waals surface area contributed by atoms with E-state index in [0.717, 1.165) is 11.2 Å². The fraction of sp³-hybridized carbons (Fsp3) is 0.300. The molecule has 1 fully saturated rings. The second kappa shape index (κ2) is 6.68. The lowest BCUT2D eigenvalue weighted by Gasteiger charge is -2.34. The van der Waals surface area contributed by atoms with Crippen molar-refractivity contribution in [1.82, 2.24) is 9.88 Å². The molecule has 136 valence electrons. The molecule has 0 saturated carbocycles. The Hall–Kier alpha value is -2.47. The number of carbonyl (C=O) groups is 1. The third kappa shape index (κ3) is 3.05. The van der Waals surface area contributed by atoms with Crippen LogP contribution in [0.1, 0.15) is 13.8 Å². The number of amides is 1. The molecule has 0 bridgehead atoms. The molecule has 6 heteroatoms. The van der Waals surface area contributed by atoms with Gasteiger partial charge in [0.1, 0.15) is 5.82 Å². The van der Waals surface area contributed by atoms with Crippen molar-refractivity contribution in [1.29, 1.82) is 0 Å². The summed E-state index contributed by atoms with van der Waals surface area (Å²) in [5.41, 5.74) is 2.74. The minimum Gasteiger partial charge on any atom is -0.465 e. The van der Waals surface area contributed by atoms with Gasteiger partial charge in [-0.1, -0.05) is 6.07 Å². The maximum atomic E-state index is 11.1. The largest absolute Gasteiger partial charge is 0.465 e. The summed E-state index contributed by atoms with van der Waals surface area (Å²) in [4.78, 5) is 20.8. The summed E-state index contributed by atoms with van der Waals surface area (Å²) in [5, 5.41) is 16.2. The van der Waals surface area contributed by atoms with E-state index in [4.69, 9.17) is 5.11 Å². The van der Waals surface area contributed by atoms with E-state index in [9.17, 15) is 4.79 Å². The van der Waals surface area contributed by atoms with E-state index in [1.54, 1.807) is 0 Å². The van der Waals surface area contributed by atoms with Crippen LogP contribution in [0.2, 0.25) is 0 Å². The molecule has 2 aromatic rings. The number of carboxylic acid groups (broad SMARTS) is 1. The number of hydrogen-bond acceptors (Lipinski definition) is 3. The SMILES string of the molecule is CC1=C[SH](c2ccc3ccnc(N4CCN(C(=O)O)CC4)c3c2)C=C1C. The zero-order valence-corrected chi connectivity index (χ0v) is 15.9. The summed E-state index contributed by atoms with van der Waals surface area (Å²) in [7, 11) is -0.394. The maximum Gasteiger partial charge on any atom is 0.407 e. The van der Waals surface area contributed by atoms with Crippen LogP contribution in [0.4, 0.5) is 10.6 Å². The topological polar surface area (TPSA) is 56.7 Å². The van der Waals surface area contributed by atoms with Crippen LogP contribution in [0.25, 0.3) is 10.8 Å². The number of rotatable bonds is 2. The van der Waals surface area contributed by atoms with Crippen molar-refractivity contribution in [2.45, 2.75) is 18.7 Å². The minimum absolute atomic E-state index is 0.394. The lowest BCUT2D eigenvalue weighted by Crippen LogP contribution is -2.48. The normalized spacial score (nSPS) is 18.9. The number of nitrogens with zero attached hydrogens (tertiary/aromatic N) is 3. The molecule has 1 aromatic carbocycles. The van der Waals surface area contributed by atoms with Crippen molar-refractivity contribution in [3.05, 3.63) is 52.4 Å². The van der Waals surface area contributed by atoms with E-state index in [2.05, 4.69) is 52.7 Å². The van der Waals surface area contributed by atoms with Gasteiger partial charge in [0.15, 0.2) is 0 Å². The van der Waals surface area contributed by atoms with Crippen LogP contribution < -0.4 is 4.90 Å². The summed E-state index contributed by atoms with van der Waals surface area (Å²) in [6.07, 6.45) is 1.00. The van der Waals surface area contributed by atoms with Crippen molar-refractivity contribution in [3.8, 4) is 0 Å². The van der Waals surface area contributed by atoms with E-state index >= 15 is 0 Å². The number of thiol groups is 1. The zero-order chi connectivity index (χ0) is 18.3. The molecule has 0 radical (unpaired) electrons. The van der Waals surface area contributed by atoms with Crippen molar-refractivity contribution < 1.29 is 9.90 Å². The number of hydrogen-bond donors (Lipinski definition) is 2. The highest BCUT2D eigenvalue weighted by atomic mass is 32.2. The highest BCUT2D eigenvalue weighted by Crippen LogP contribution is 2.47. The van der Waals surface area contributed by atoms with E-state index in [1.165, 1.54) is 26.3 Å². The molecule has 1 N–H and O–H groups in total. The quantitative estimate of drug-likeness (QED) is 0.779. The van der Waals surface area contributed by atoms with Crippen LogP contribution >= 0.6 is 10.9 Å².